The van der Waals surface area contributed by atoms with E-state index in [0.29, 0.717) is 17.9 Å². The van der Waals surface area contributed by atoms with Gasteiger partial charge in [0.25, 0.3) is 5.91 Å². The van der Waals surface area contributed by atoms with Gasteiger partial charge < -0.3 is 4.90 Å². The maximum absolute atomic E-state index is 13.0. The molecule has 0 saturated heterocycles. The van der Waals surface area contributed by atoms with Crippen molar-refractivity contribution >= 4 is 11.6 Å². The Morgan fingerprint density at radius 2 is 1.97 bits per heavy atom. The molecule has 0 aromatic carbocycles. The molecule has 0 aliphatic heterocycles. The summed E-state index contributed by atoms with van der Waals surface area (Å²) in [6, 6.07) is 3.60. The number of hydrogen-bond acceptors (Lipinski definition) is 5. The van der Waals surface area contributed by atoms with E-state index in [1.54, 1.807) is 34.9 Å². The zero-order valence-electron chi connectivity index (χ0n) is 17.3. The summed E-state index contributed by atoms with van der Waals surface area (Å²) in [5.74, 6) is -0.159. The van der Waals surface area contributed by atoms with Crippen LogP contribution in [0.25, 0.3) is 16.9 Å². The summed E-state index contributed by atoms with van der Waals surface area (Å²) < 4.78 is 5.43. The molecule has 9 nitrogen and oxygen atoms in total. The van der Waals surface area contributed by atoms with Gasteiger partial charge in [-0.25, -0.2) is 9.50 Å². The molecule has 0 fully saturated rings. The topological polar surface area (TPSA) is 86.1 Å². The van der Waals surface area contributed by atoms with Gasteiger partial charge in [-0.05, 0) is 26.8 Å². The molecule has 1 amide bonds. The summed E-state index contributed by atoms with van der Waals surface area (Å²) in [7, 11) is 3.67. The van der Waals surface area contributed by atoms with Crippen LogP contribution in [0.15, 0.2) is 30.7 Å². The van der Waals surface area contributed by atoms with E-state index in [4.69, 9.17) is 0 Å². The molecule has 0 atom stereocenters. The zero-order chi connectivity index (χ0) is 20.7. The number of aromatic nitrogens is 7. The van der Waals surface area contributed by atoms with Gasteiger partial charge in [0.15, 0.2) is 11.3 Å². The highest BCUT2D eigenvalue weighted by Gasteiger charge is 2.20. The molecule has 29 heavy (non-hydrogen) atoms. The third kappa shape index (κ3) is 3.18. The summed E-state index contributed by atoms with van der Waals surface area (Å²) in [6.07, 6.45) is 5.34. The lowest BCUT2D eigenvalue weighted by atomic mass is 10.2. The van der Waals surface area contributed by atoms with Crippen molar-refractivity contribution in [3.63, 3.8) is 0 Å². The van der Waals surface area contributed by atoms with E-state index in [9.17, 15) is 4.79 Å². The van der Waals surface area contributed by atoms with Crippen LogP contribution in [0.4, 0.5) is 0 Å². The molecule has 0 N–H and O–H groups in total. The predicted octanol–water partition coefficient (Wildman–Crippen LogP) is 2.24. The van der Waals surface area contributed by atoms with E-state index in [1.807, 2.05) is 49.4 Å². The van der Waals surface area contributed by atoms with Gasteiger partial charge in [-0.3, -0.25) is 14.2 Å². The average molecular weight is 392 g/mol. The van der Waals surface area contributed by atoms with Crippen LogP contribution in [0.1, 0.15) is 34.4 Å². The first kappa shape index (κ1) is 18.9. The number of rotatable bonds is 5. The van der Waals surface area contributed by atoms with E-state index in [0.717, 1.165) is 34.8 Å². The molecule has 0 unspecified atom stereocenters. The third-order valence-corrected chi connectivity index (χ3v) is 5.35. The van der Waals surface area contributed by atoms with Crippen LogP contribution >= 0.6 is 0 Å². The molecule has 150 valence electrons. The molecule has 4 aromatic heterocycles. The van der Waals surface area contributed by atoms with Crippen LogP contribution in [0.2, 0.25) is 0 Å². The van der Waals surface area contributed by atoms with Crippen LogP contribution in [0, 0.1) is 13.8 Å². The highest BCUT2D eigenvalue weighted by molar-refractivity contribution is 5.93. The number of nitrogens with zero attached hydrogens (tertiary/aromatic N) is 8. The van der Waals surface area contributed by atoms with Gasteiger partial charge in [0.1, 0.15) is 0 Å². The van der Waals surface area contributed by atoms with Gasteiger partial charge in [0.05, 0.1) is 18.1 Å². The Bertz CT molecular complexity index is 1200. The maximum Gasteiger partial charge on any atom is 0.274 e. The minimum atomic E-state index is -0.159. The van der Waals surface area contributed by atoms with Crippen LogP contribution in [-0.4, -0.2) is 52.0 Å². The maximum atomic E-state index is 13.0. The molecule has 0 radical (unpaired) electrons. The Hall–Kier alpha value is -3.49. The van der Waals surface area contributed by atoms with Crippen molar-refractivity contribution in [2.75, 3.05) is 7.05 Å². The number of aryl methyl sites for hydroxylation is 2. The van der Waals surface area contributed by atoms with Crippen molar-refractivity contribution < 1.29 is 4.79 Å². The summed E-state index contributed by atoms with van der Waals surface area (Å²) >= 11 is 0. The standard InChI is InChI=1S/C20H24N8O/c1-6-27-13(2)15(10-23-27)12-25(4)20(29)17-9-19-21-8-7-18(28(19)24-17)16-11-22-26(5)14(16)3/h7-11H,6,12H2,1-5H3. The van der Waals surface area contributed by atoms with Crippen molar-refractivity contribution in [1.82, 2.24) is 39.1 Å². The predicted molar refractivity (Wildman–Crippen MR) is 108 cm³/mol. The number of hydrogen-bond donors (Lipinski definition) is 0. The van der Waals surface area contributed by atoms with Crippen LogP contribution in [-0.2, 0) is 20.1 Å². The first-order valence-electron chi connectivity index (χ1n) is 9.51. The van der Waals surface area contributed by atoms with E-state index < -0.39 is 0 Å². The second kappa shape index (κ2) is 7.16. The minimum Gasteiger partial charge on any atom is -0.336 e. The number of fused-ring (bicyclic) bond motifs is 1. The normalized spacial score (nSPS) is 11.3. The quantitative estimate of drug-likeness (QED) is 0.520. The average Bonchev–Trinajstić information content (AvgIpc) is 3.39. The number of amides is 1. The van der Waals surface area contributed by atoms with Crippen LogP contribution in [0.3, 0.4) is 0 Å². The molecule has 4 aromatic rings. The molecular formula is C20H24N8O. The largest absolute Gasteiger partial charge is 0.336 e. The molecule has 0 spiro atoms. The monoisotopic (exact) mass is 392 g/mol. The minimum absolute atomic E-state index is 0.159. The number of carbonyl (C=O) groups is 1. The van der Waals surface area contributed by atoms with Crippen molar-refractivity contribution in [3.8, 4) is 11.3 Å². The highest BCUT2D eigenvalue weighted by Crippen LogP contribution is 2.23. The smallest absolute Gasteiger partial charge is 0.274 e. The van der Waals surface area contributed by atoms with Gasteiger partial charge in [0, 0.05) is 62.0 Å². The molecular weight excluding hydrogens is 368 g/mol. The van der Waals surface area contributed by atoms with E-state index in [2.05, 4.69) is 20.3 Å². The Labute approximate surface area is 168 Å². The fourth-order valence-electron chi connectivity index (χ4n) is 3.44. The lowest BCUT2D eigenvalue weighted by Crippen LogP contribution is -2.26. The Morgan fingerprint density at radius 1 is 1.17 bits per heavy atom. The van der Waals surface area contributed by atoms with Gasteiger partial charge in [-0.15, -0.1) is 0 Å². The molecule has 0 saturated carbocycles. The second-order valence-corrected chi connectivity index (χ2v) is 7.13. The zero-order valence-corrected chi connectivity index (χ0v) is 17.3. The van der Waals surface area contributed by atoms with Crippen LogP contribution < -0.4 is 0 Å². The summed E-state index contributed by atoms with van der Waals surface area (Å²) in [6.45, 7) is 7.33. The first-order chi connectivity index (χ1) is 13.9. The lowest BCUT2D eigenvalue weighted by molar-refractivity contribution is 0.0778. The van der Waals surface area contributed by atoms with Gasteiger partial charge >= 0.3 is 0 Å². The third-order valence-electron chi connectivity index (χ3n) is 5.35. The second-order valence-electron chi connectivity index (χ2n) is 7.13. The molecule has 4 heterocycles. The van der Waals surface area contributed by atoms with Gasteiger partial charge in [0.2, 0.25) is 0 Å². The van der Waals surface area contributed by atoms with E-state index >= 15 is 0 Å². The molecule has 9 heteroatoms. The van der Waals surface area contributed by atoms with Crippen LogP contribution in [0.5, 0.6) is 0 Å². The fraction of sp³-hybridized carbons (Fsp3) is 0.350. The first-order valence-corrected chi connectivity index (χ1v) is 9.51. The number of carbonyl (C=O) groups excluding carboxylic acids is 1. The van der Waals surface area contributed by atoms with Crippen molar-refractivity contribution in [2.24, 2.45) is 7.05 Å². The summed E-state index contributed by atoms with van der Waals surface area (Å²) in [4.78, 5) is 19.0. The Kier molecular flexibility index (Phi) is 4.65. The lowest BCUT2D eigenvalue weighted by Gasteiger charge is -2.15. The van der Waals surface area contributed by atoms with Crippen molar-refractivity contribution in [1.29, 1.82) is 0 Å². The summed E-state index contributed by atoms with van der Waals surface area (Å²) in [5.41, 5.74) is 5.89. The Balaban J connectivity index is 1.65. The molecule has 4 rings (SSSR count). The molecule has 0 bridgehead atoms. The Morgan fingerprint density at radius 3 is 2.62 bits per heavy atom. The SMILES string of the molecule is CCn1ncc(CN(C)C(=O)c2cc3nccc(-c4cnn(C)c4C)n3n2)c1C. The van der Waals surface area contributed by atoms with Crippen molar-refractivity contribution in [2.45, 2.75) is 33.9 Å². The molecule has 0 aliphatic carbocycles. The van der Waals surface area contributed by atoms with E-state index in [1.165, 1.54) is 0 Å². The highest BCUT2D eigenvalue weighted by atomic mass is 16.2. The fourth-order valence-corrected chi connectivity index (χ4v) is 3.44. The van der Waals surface area contributed by atoms with Gasteiger partial charge in [-0.1, -0.05) is 0 Å². The molecule has 0 aliphatic rings. The van der Waals surface area contributed by atoms with Crippen molar-refractivity contribution in [3.05, 3.63) is 53.4 Å². The summed E-state index contributed by atoms with van der Waals surface area (Å²) in [5, 5.41) is 13.2. The van der Waals surface area contributed by atoms with E-state index in [-0.39, 0.29) is 5.91 Å². The van der Waals surface area contributed by atoms with Gasteiger partial charge in [-0.2, -0.15) is 15.3 Å².